The van der Waals surface area contributed by atoms with Gasteiger partial charge >= 0.3 is 5.97 Å². The monoisotopic (exact) mass is 238 g/mol. The molecule has 1 atom stereocenters. The van der Waals surface area contributed by atoms with E-state index in [1.165, 1.54) is 18.2 Å². The Morgan fingerprint density at radius 2 is 2.00 bits per heavy atom. The molecule has 1 unspecified atom stereocenters. The summed E-state index contributed by atoms with van der Waals surface area (Å²) >= 11 is 0. The Balaban J connectivity index is 2.53. The Morgan fingerprint density at radius 1 is 1.35 bits per heavy atom. The third-order valence-electron chi connectivity index (χ3n) is 2.92. The molecule has 0 aliphatic carbocycles. The summed E-state index contributed by atoms with van der Waals surface area (Å²) in [6.45, 7) is 1.43. The SMILES string of the molecule is O=C(O)c1cccc([NH+]([O-])O)c1N1CCCC1. The van der Waals surface area contributed by atoms with Crippen LogP contribution in [0.25, 0.3) is 0 Å². The molecule has 1 fully saturated rings. The zero-order valence-corrected chi connectivity index (χ0v) is 9.22. The zero-order valence-electron chi connectivity index (χ0n) is 9.22. The molecule has 0 aromatic heterocycles. The van der Waals surface area contributed by atoms with Crippen LogP contribution in [0.5, 0.6) is 0 Å². The van der Waals surface area contributed by atoms with Gasteiger partial charge in [-0.05, 0) is 18.9 Å². The van der Waals surface area contributed by atoms with E-state index in [-0.39, 0.29) is 11.3 Å². The van der Waals surface area contributed by atoms with Crippen LogP contribution in [0.4, 0.5) is 11.4 Å². The molecule has 0 amide bonds. The fourth-order valence-electron chi connectivity index (χ4n) is 2.17. The lowest BCUT2D eigenvalue weighted by atomic mass is 10.1. The van der Waals surface area contributed by atoms with Gasteiger partial charge in [0.15, 0.2) is 5.69 Å². The maximum Gasteiger partial charge on any atom is 0.338 e. The molecule has 0 saturated carbocycles. The minimum absolute atomic E-state index is 0.0619. The van der Waals surface area contributed by atoms with E-state index in [1.807, 2.05) is 4.90 Å². The number of aromatic carboxylic acids is 1. The van der Waals surface area contributed by atoms with E-state index < -0.39 is 11.2 Å². The number of carbonyl (C=O) groups is 1. The maximum atomic E-state index is 11.1. The molecule has 17 heavy (non-hydrogen) atoms. The first-order chi connectivity index (χ1) is 8.11. The van der Waals surface area contributed by atoms with Crippen LogP contribution < -0.4 is 10.1 Å². The Bertz CT molecular complexity index is 427. The van der Waals surface area contributed by atoms with Gasteiger partial charge in [-0.25, -0.2) is 10.0 Å². The number of carboxylic acid groups (broad SMARTS) is 1. The molecular weight excluding hydrogens is 224 g/mol. The average molecular weight is 238 g/mol. The number of quaternary nitrogens is 1. The highest BCUT2D eigenvalue weighted by atomic mass is 16.8. The Kier molecular flexibility index (Phi) is 3.28. The minimum atomic E-state index is -1.09. The van der Waals surface area contributed by atoms with Crippen LogP contribution in [0.3, 0.4) is 0 Å². The van der Waals surface area contributed by atoms with Crippen molar-refractivity contribution in [2.24, 2.45) is 0 Å². The lowest BCUT2D eigenvalue weighted by Crippen LogP contribution is -2.99. The Hall–Kier alpha value is -1.63. The molecular formula is C11H14N2O4. The molecule has 6 heteroatoms. The van der Waals surface area contributed by atoms with Crippen molar-refractivity contribution < 1.29 is 20.3 Å². The smallest absolute Gasteiger partial charge is 0.338 e. The highest BCUT2D eigenvalue weighted by Gasteiger charge is 2.25. The van der Waals surface area contributed by atoms with Gasteiger partial charge in [0.1, 0.15) is 5.69 Å². The predicted octanol–water partition coefficient (Wildman–Crippen LogP) is 0.388. The Morgan fingerprint density at radius 3 is 2.53 bits per heavy atom. The van der Waals surface area contributed by atoms with E-state index in [9.17, 15) is 10.0 Å². The third kappa shape index (κ3) is 2.23. The third-order valence-corrected chi connectivity index (χ3v) is 2.92. The van der Waals surface area contributed by atoms with E-state index in [4.69, 9.17) is 10.3 Å². The van der Waals surface area contributed by atoms with Crippen LogP contribution >= 0.6 is 0 Å². The van der Waals surface area contributed by atoms with Crippen molar-refractivity contribution in [2.45, 2.75) is 12.8 Å². The summed E-state index contributed by atoms with van der Waals surface area (Å²) < 4.78 is 0. The second-order valence-electron chi connectivity index (χ2n) is 4.01. The number of rotatable bonds is 3. The fraction of sp³-hybridized carbons (Fsp3) is 0.364. The molecule has 0 bridgehead atoms. The lowest BCUT2D eigenvalue weighted by molar-refractivity contribution is -0.990. The van der Waals surface area contributed by atoms with Gasteiger partial charge in [0.2, 0.25) is 0 Å². The van der Waals surface area contributed by atoms with E-state index >= 15 is 0 Å². The van der Waals surface area contributed by atoms with Crippen molar-refractivity contribution in [3.8, 4) is 0 Å². The van der Waals surface area contributed by atoms with Crippen LogP contribution in [0.2, 0.25) is 0 Å². The zero-order chi connectivity index (χ0) is 12.4. The number of carboxylic acids is 1. The van der Waals surface area contributed by atoms with Crippen molar-refractivity contribution in [3.05, 3.63) is 29.0 Å². The normalized spacial score (nSPS) is 17.2. The number of nitrogens with one attached hydrogen (secondary N) is 1. The summed E-state index contributed by atoms with van der Waals surface area (Å²) in [4.78, 5) is 13.0. The van der Waals surface area contributed by atoms with Crippen molar-refractivity contribution in [1.29, 1.82) is 0 Å². The van der Waals surface area contributed by atoms with Gasteiger partial charge in [0.05, 0.1) is 5.56 Å². The molecule has 1 saturated heterocycles. The van der Waals surface area contributed by atoms with Crippen LogP contribution in [0.15, 0.2) is 18.2 Å². The summed E-state index contributed by atoms with van der Waals surface area (Å²) in [5.74, 6) is -1.09. The number of nitrogens with zero attached hydrogens (tertiary/aromatic N) is 1. The molecule has 1 aromatic rings. The predicted molar refractivity (Wildman–Crippen MR) is 60.6 cm³/mol. The van der Waals surface area contributed by atoms with Crippen molar-refractivity contribution in [2.75, 3.05) is 18.0 Å². The molecule has 92 valence electrons. The van der Waals surface area contributed by atoms with Crippen LogP contribution in [0.1, 0.15) is 23.2 Å². The van der Waals surface area contributed by atoms with Gasteiger partial charge in [-0.15, -0.1) is 0 Å². The van der Waals surface area contributed by atoms with Crippen LogP contribution in [0, 0.1) is 5.21 Å². The summed E-state index contributed by atoms with van der Waals surface area (Å²) in [7, 11) is 0. The minimum Gasteiger partial charge on any atom is -0.595 e. The van der Waals surface area contributed by atoms with Gasteiger partial charge in [-0.2, -0.15) is 5.23 Å². The van der Waals surface area contributed by atoms with Crippen molar-refractivity contribution >= 4 is 17.3 Å². The Labute approximate surface area is 98.2 Å². The molecule has 1 aliphatic rings. The van der Waals surface area contributed by atoms with Gasteiger partial charge in [-0.3, -0.25) is 0 Å². The first-order valence-corrected chi connectivity index (χ1v) is 5.46. The largest absolute Gasteiger partial charge is 0.595 e. The van der Waals surface area contributed by atoms with Crippen LogP contribution in [-0.2, 0) is 0 Å². The highest BCUT2D eigenvalue weighted by molar-refractivity contribution is 5.97. The van der Waals surface area contributed by atoms with Gasteiger partial charge in [-0.1, -0.05) is 6.07 Å². The molecule has 6 nitrogen and oxygen atoms in total. The number of benzene rings is 1. The van der Waals surface area contributed by atoms with E-state index in [0.717, 1.165) is 12.8 Å². The van der Waals surface area contributed by atoms with Crippen LogP contribution in [-0.4, -0.2) is 29.4 Å². The first kappa shape index (κ1) is 11.8. The number of hydrogen-bond donors (Lipinski definition) is 3. The van der Waals surface area contributed by atoms with Gasteiger partial charge in [0.25, 0.3) is 0 Å². The summed E-state index contributed by atoms with van der Waals surface area (Å²) in [5, 5.41) is 28.3. The van der Waals surface area contributed by atoms with E-state index in [1.54, 1.807) is 0 Å². The van der Waals surface area contributed by atoms with E-state index in [0.29, 0.717) is 18.8 Å². The first-order valence-electron chi connectivity index (χ1n) is 5.46. The number of para-hydroxylation sites is 1. The topological polar surface area (TPSA) is 88.3 Å². The second kappa shape index (κ2) is 4.70. The molecule has 0 radical (unpaired) electrons. The second-order valence-corrected chi connectivity index (χ2v) is 4.01. The molecule has 3 N–H and O–H groups in total. The average Bonchev–Trinajstić information content (AvgIpc) is 2.80. The molecule has 1 aliphatic heterocycles. The summed E-state index contributed by atoms with van der Waals surface area (Å²) in [5.41, 5.74) is 0.462. The quantitative estimate of drug-likeness (QED) is 0.663. The van der Waals surface area contributed by atoms with Gasteiger partial charge in [0, 0.05) is 19.2 Å². The van der Waals surface area contributed by atoms with Gasteiger partial charge < -0.3 is 15.2 Å². The molecule has 2 rings (SSSR count). The van der Waals surface area contributed by atoms with Crippen molar-refractivity contribution in [1.82, 2.24) is 0 Å². The maximum absolute atomic E-state index is 11.1. The molecule has 1 aromatic carbocycles. The molecule has 1 heterocycles. The fourth-order valence-corrected chi connectivity index (χ4v) is 2.17. The highest BCUT2D eigenvalue weighted by Crippen LogP contribution is 2.30. The summed E-state index contributed by atoms with van der Waals surface area (Å²) in [6, 6.07) is 4.36. The van der Waals surface area contributed by atoms with E-state index in [2.05, 4.69) is 0 Å². The van der Waals surface area contributed by atoms with Crippen molar-refractivity contribution in [3.63, 3.8) is 0 Å². The molecule has 0 spiro atoms. The number of anilines is 1. The summed E-state index contributed by atoms with van der Waals surface area (Å²) in [6.07, 6.45) is 1.93. The lowest BCUT2D eigenvalue weighted by Gasteiger charge is -2.24. The standard InChI is InChI=1S/C11H14N2O4/c14-11(15)8-4-3-5-9(13(16)17)10(8)12-6-1-2-7-12/h3-5,13,16H,1-2,6-7H2,(H,14,15). The number of hydrogen-bond acceptors (Lipinski definition) is 4.